The van der Waals surface area contributed by atoms with Crippen LogP contribution in [0.25, 0.3) is 27.8 Å². The van der Waals surface area contributed by atoms with Crippen molar-refractivity contribution in [2.75, 3.05) is 0 Å². The van der Waals surface area contributed by atoms with Crippen molar-refractivity contribution >= 4 is 11.3 Å². The summed E-state index contributed by atoms with van der Waals surface area (Å²) in [5.41, 5.74) is 2.01. The molecular weight excluding hydrogens is 282 g/mol. The fourth-order valence-electron chi connectivity index (χ4n) is 2.15. The first-order valence-electron chi connectivity index (χ1n) is 6.51. The fraction of sp³-hybridized carbons (Fsp3) is 0. The van der Waals surface area contributed by atoms with E-state index in [9.17, 15) is 0 Å². The van der Waals surface area contributed by atoms with Gasteiger partial charge in [0.25, 0.3) is 5.89 Å². The minimum Gasteiger partial charge on any atom is -0.333 e. The average molecular weight is 293 g/mol. The van der Waals surface area contributed by atoms with E-state index < -0.39 is 0 Å². The van der Waals surface area contributed by atoms with Crippen LogP contribution in [0.15, 0.2) is 70.8 Å². The Morgan fingerprint density at radius 1 is 1.00 bits per heavy atom. The van der Waals surface area contributed by atoms with Gasteiger partial charge >= 0.3 is 0 Å². The minimum absolute atomic E-state index is 0.561. The summed E-state index contributed by atoms with van der Waals surface area (Å²) in [7, 11) is 0. The van der Waals surface area contributed by atoms with Crippen LogP contribution < -0.4 is 0 Å². The second-order valence-electron chi connectivity index (χ2n) is 4.54. The molecular formula is C16H11N3OS. The summed E-state index contributed by atoms with van der Waals surface area (Å²) in [5, 5.41) is 6.07. The summed E-state index contributed by atoms with van der Waals surface area (Å²) in [5.74, 6) is 1.17. The van der Waals surface area contributed by atoms with Crippen LogP contribution >= 0.6 is 11.3 Å². The molecule has 0 radical (unpaired) electrons. The second kappa shape index (κ2) is 5.03. The first-order chi connectivity index (χ1) is 10.4. The van der Waals surface area contributed by atoms with E-state index in [2.05, 4.69) is 10.1 Å². The lowest BCUT2D eigenvalue weighted by Gasteiger charge is -2.03. The van der Waals surface area contributed by atoms with E-state index in [-0.39, 0.29) is 0 Å². The molecule has 5 heteroatoms. The van der Waals surface area contributed by atoms with Gasteiger partial charge in [0.1, 0.15) is 0 Å². The van der Waals surface area contributed by atoms with Crippen molar-refractivity contribution in [1.29, 1.82) is 0 Å². The van der Waals surface area contributed by atoms with Crippen molar-refractivity contribution in [2.24, 2.45) is 0 Å². The molecule has 4 aromatic rings. The predicted octanol–water partition coefficient (Wildman–Crippen LogP) is 4.26. The van der Waals surface area contributed by atoms with Crippen LogP contribution in [0.5, 0.6) is 0 Å². The highest BCUT2D eigenvalue weighted by Gasteiger charge is 2.11. The van der Waals surface area contributed by atoms with Gasteiger partial charge in [0.05, 0.1) is 4.88 Å². The number of thiophene rings is 1. The Kier molecular flexibility index (Phi) is 2.90. The van der Waals surface area contributed by atoms with Crippen molar-refractivity contribution in [1.82, 2.24) is 14.7 Å². The minimum atomic E-state index is 0.561. The van der Waals surface area contributed by atoms with E-state index in [0.29, 0.717) is 11.7 Å². The molecule has 0 bridgehead atoms. The number of hydrogen-bond donors (Lipinski definition) is 0. The fourth-order valence-corrected chi connectivity index (χ4v) is 2.80. The molecule has 21 heavy (non-hydrogen) atoms. The smallest absolute Gasteiger partial charge is 0.268 e. The highest BCUT2D eigenvalue weighted by atomic mass is 32.1. The molecule has 0 unspecified atom stereocenters. The Hall–Kier alpha value is -2.66. The van der Waals surface area contributed by atoms with Gasteiger partial charge < -0.3 is 9.09 Å². The van der Waals surface area contributed by atoms with Gasteiger partial charge in [-0.25, -0.2) is 0 Å². The SMILES string of the molecule is c1cc(-c2noc(-c3cccs3)n2)cc(-n2cccc2)c1. The van der Waals surface area contributed by atoms with Crippen LogP contribution in [-0.2, 0) is 0 Å². The zero-order chi connectivity index (χ0) is 14.1. The third-order valence-electron chi connectivity index (χ3n) is 3.16. The topological polar surface area (TPSA) is 43.9 Å². The van der Waals surface area contributed by atoms with Crippen LogP contribution in [-0.4, -0.2) is 14.7 Å². The normalized spacial score (nSPS) is 10.9. The van der Waals surface area contributed by atoms with E-state index >= 15 is 0 Å². The van der Waals surface area contributed by atoms with E-state index in [1.165, 1.54) is 0 Å². The molecule has 1 aromatic carbocycles. The molecule has 3 heterocycles. The van der Waals surface area contributed by atoms with Gasteiger partial charge in [0.2, 0.25) is 5.82 Å². The van der Waals surface area contributed by atoms with Crippen molar-refractivity contribution in [2.45, 2.75) is 0 Å². The molecule has 4 nitrogen and oxygen atoms in total. The van der Waals surface area contributed by atoms with Gasteiger partial charge in [0, 0.05) is 23.6 Å². The number of hydrogen-bond acceptors (Lipinski definition) is 4. The van der Waals surface area contributed by atoms with E-state index in [1.807, 2.05) is 70.9 Å². The van der Waals surface area contributed by atoms with Gasteiger partial charge in [-0.1, -0.05) is 23.4 Å². The quantitative estimate of drug-likeness (QED) is 0.567. The number of benzene rings is 1. The maximum Gasteiger partial charge on any atom is 0.268 e. The standard InChI is InChI=1S/C16H11N3OS/c1-2-9-19(8-1)13-6-3-5-12(11-13)15-17-16(20-18-15)14-7-4-10-21-14/h1-11H. The van der Waals surface area contributed by atoms with Crippen LogP contribution in [0.3, 0.4) is 0 Å². The first-order valence-corrected chi connectivity index (χ1v) is 7.39. The van der Waals surface area contributed by atoms with Crippen molar-refractivity contribution in [3.8, 4) is 27.8 Å². The van der Waals surface area contributed by atoms with E-state index in [4.69, 9.17) is 4.52 Å². The second-order valence-corrected chi connectivity index (χ2v) is 5.49. The van der Waals surface area contributed by atoms with Crippen LogP contribution in [0.4, 0.5) is 0 Å². The summed E-state index contributed by atoms with van der Waals surface area (Å²) < 4.78 is 7.38. The van der Waals surface area contributed by atoms with Gasteiger partial charge in [-0.15, -0.1) is 11.3 Å². The largest absolute Gasteiger partial charge is 0.333 e. The Labute approximate surface area is 125 Å². The lowest BCUT2D eigenvalue weighted by Crippen LogP contribution is -1.90. The first kappa shape index (κ1) is 12.1. The van der Waals surface area contributed by atoms with E-state index in [1.54, 1.807) is 11.3 Å². The molecule has 0 spiro atoms. The molecule has 0 saturated carbocycles. The van der Waals surface area contributed by atoms with Crippen molar-refractivity contribution < 1.29 is 4.52 Å². The number of nitrogens with zero attached hydrogens (tertiary/aromatic N) is 3. The molecule has 0 atom stereocenters. The Bertz CT molecular complexity index is 847. The molecule has 0 aliphatic carbocycles. The maximum atomic E-state index is 5.34. The summed E-state index contributed by atoms with van der Waals surface area (Å²) >= 11 is 1.59. The molecule has 0 aliphatic heterocycles. The highest BCUT2D eigenvalue weighted by Crippen LogP contribution is 2.26. The molecule has 0 saturated heterocycles. The van der Waals surface area contributed by atoms with Crippen molar-refractivity contribution in [3.63, 3.8) is 0 Å². The molecule has 0 amide bonds. The molecule has 102 valence electrons. The monoisotopic (exact) mass is 293 g/mol. The summed E-state index contributed by atoms with van der Waals surface area (Å²) in [6, 6.07) is 16.0. The Morgan fingerprint density at radius 2 is 1.90 bits per heavy atom. The lowest BCUT2D eigenvalue weighted by molar-refractivity contribution is 0.433. The Morgan fingerprint density at radius 3 is 2.71 bits per heavy atom. The van der Waals surface area contributed by atoms with Crippen LogP contribution in [0.1, 0.15) is 0 Å². The predicted molar refractivity (Wildman–Crippen MR) is 82.4 cm³/mol. The average Bonchev–Trinajstić information content (AvgIpc) is 3.26. The zero-order valence-corrected chi connectivity index (χ0v) is 11.8. The van der Waals surface area contributed by atoms with Gasteiger partial charge in [-0.05, 0) is 35.7 Å². The number of rotatable bonds is 3. The summed E-state index contributed by atoms with van der Waals surface area (Å²) in [6.45, 7) is 0. The van der Waals surface area contributed by atoms with Gasteiger partial charge in [-0.2, -0.15) is 4.98 Å². The zero-order valence-electron chi connectivity index (χ0n) is 11.0. The van der Waals surface area contributed by atoms with Gasteiger partial charge in [0.15, 0.2) is 0 Å². The Balaban J connectivity index is 1.72. The summed E-state index contributed by atoms with van der Waals surface area (Å²) in [4.78, 5) is 5.45. The third kappa shape index (κ3) is 2.28. The van der Waals surface area contributed by atoms with E-state index in [0.717, 1.165) is 16.1 Å². The maximum absolute atomic E-state index is 5.34. The summed E-state index contributed by atoms with van der Waals surface area (Å²) in [6.07, 6.45) is 4.01. The molecule has 3 aromatic heterocycles. The lowest BCUT2D eigenvalue weighted by atomic mass is 10.2. The van der Waals surface area contributed by atoms with Gasteiger partial charge in [-0.3, -0.25) is 0 Å². The van der Waals surface area contributed by atoms with Crippen LogP contribution in [0.2, 0.25) is 0 Å². The highest BCUT2D eigenvalue weighted by molar-refractivity contribution is 7.13. The molecule has 0 fully saturated rings. The molecule has 4 rings (SSSR count). The molecule has 0 aliphatic rings. The van der Waals surface area contributed by atoms with Crippen LogP contribution in [0, 0.1) is 0 Å². The third-order valence-corrected chi connectivity index (χ3v) is 4.02. The van der Waals surface area contributed by atoms with Crippen molar-refractivity contribution in [3.05, 3.63) is 66.3 Å². The molecule has 0 N–H and O–H groups in total. The number of aromatic nitrogens is 3.